The number of unbranched alkanes of at least 4 members (excludes halogenated alkanes) is 6. The topological polar surface area (TPSA) is 121 Å². The van der Waals surface area contributed by atoms with Crippen LogP contribution in [0.1, 0.15) is 95.7 Å². The Morgan fingerprint density at radius 2 is 1.06 bits per heavy atom. The third-order valence-corrected chi connectivity index (χ3v) is 15.9. The highest BCUT2D eigenvalue weighted by Crippen LogP contribution is 2.45. The van der Waals surface area contributed by atoms with Gasteiger partial charge in [-0.05, 0) is 160 Å². The van der Waals surface area contributed by atoms with Gasteiger partial charge in [0.05, 0.1) is 23.1 Å². The highest BCUT2D eigenvalue weighted by molar-refractivity contribution is 6.11. The van der Waals surface area contributed by atoms with Gasteiger partial charge in [0.15, 0.2) is 0 Å². The van der Waals surface area contributed by atoms with Crippen molar-refractivity contribution < 1.29 is 14.2 Å². The number of benzene rings is 7. The second kappa shape index (κ2) is 25.8. The van der Waals surface area contributed by atoms with Crippen molar-refractivity contribution in [2.24, 2.45) is 4.99 Å². The number of carbonyl (C=O) groups excluding carboxylic acids is 2. The zero-order chi connectivity index (χ0) is 57.3. The summed E-state index contributed by atoms with van der Waals surface area (Å²) >= 11 is 0. The molecule has 1 aromatic heterocycles. The van der Waals surface area contributed by atoms with Crippen molar-refractivity contribution in [1.82, 2.24) is 20.9 Å². The van der Waals surface area contributed by atoms with Crippen molar-refractivity contribution in [3.05, 3.63) is 197 Å². The van der Waals surface area contributed by atoms with E-state index in [4.69, 9.17) is 9.98 Å². The van der Waals surface area contributed by atoms with Crippen LogP contribution < -0.4 is 40.5 Å². The van der Waals surface area contributed by atoms with E-state index in [-0.39, 0.29) is 17.9 Å². The van der Waals surface area contributed by atoms with Crippen LogP contribution in [0.5, 0.6) is 0 Å². The number of hydrogen-bond donors (Lipinski definition) is 4. The molecule has 0 fully saturated rings. The van der Waals surface area contributed by atoms with Crippen molar-refractivity contribution in [2.75, 3.05) is 74.4 Å². The molecule has 0 saturated heterocycles. The minimum absolute atomic E-state index is 0.0228. The zero-order valence-corrected chi connectivity index (χ0v) is 49.1. The number of nitrogens with one attached hydrogen (secondary N) is 4. The van der Waals surface area contributed by atoms with Gasteiger partial charge in [-0.1, -0.05) is 86.3 Å². The Balaban J connectivity index is 0.620. The number of hydrogen-bond acceptors (Lipinski definition) is 9. The van der Waals surface area contributed by atoms with E-state index in [0.29, 0.717) is 24.2 Å². The van der Waals surface area contributed by atoms with Gasteiger partial charge in [-0.3, -0.25) is 9.59 Å². The second-order valence-corrected chi connectivity index (χ2v) is 22.4. The summed E-state index contributed by atoms with van der Waals surface area (Å²) in [7, 11) is 8.35. The molecular weight excluding hydrogens is 1010 g/mol. The van der Waals surface area contributed by atoms with E-state index in [1.807, 2.05) is 48.5 Å². The van der Waals surface area contributed by atoms with Crippen LogP contribution in [0.15, 0.2) is 174 Å². The smallest absolute Gasteiger partial charge is 0.251 e. The molecule has 1 unspecified atom stereocenters. The molecule has 420 valence electrons. The number of fused-ring (bicyclic) bond motifs is 4. The molecule has 12 nitrogen and oxygen atoms in total. The molecule has 1 aliphatic carbocycles. The fourth-order valence-electron chi connectivity index (χ4n) is 11.4. The lowest BCUT2D eigenvalue weighted by atomic mass is 9.93. The predicted octanol–water partition coefficient (Wildman–Crippen LogP) is 13.8. The number of para-hydroxylation sites is 2. The molecule has 10 rings (SSSR count). The van der Waals surface area contributed by atoms with E-state index in [1.54, 1.807) is 0 Å². The molecule has 1 atom stereocenters. The van der Waals surface area contributed by atoms with Gasteiger partial charge >= 0.3 is 0 Å². The van der Waals surface area contributed by atoms with Gasteiger partial charge in [0, 0.05) is 118 Å². The molecule has 2 heterocycles. The van der Waals surface area contributed by atoms with E-state index in [9.17, 15) is 9.59 Å². The molecule has 0 saturated carbocycles. The fourth-order valence-corrected chi connectivity index (χ4v) is 11.4. The Morgan fingerprint density at radius 3 is 1.65 bits per heavy atom. The van der Waals surface area contributed by atoms with Crippen LogP contribution >= 0.6 is 0 Å². The number of amides is 2. The largest absolute Gasteiger partial charge is 0.385 e. The highest BCUT2D eigenvalue weighted by atomic mass is 16.2. The van der Waals surface area contributed by atoms with Crippen LogP contribution in [0.4, 0.5) is 34.1 Å². The molecule has 8 aromatic rings. The van der Waals surface area contributed by atoms with Gasteiger partial charge in [0.2, 0.25) is 16.7 Å². The first-order chi connectivity index (χ1) is 39.8. The number of aryl methyl sites for hydroxylation is 3. The molecular formula is C70H79N10O2+. The summed E-state index contributed by atoms with van der Waals surface area (Å²) in [6, 6.07) is 49.8. The Kier molecular flexibility index (Phi) is 17.8. The van der Waals surface area contributed by atoms with Gasteiger partial charge in [0.1, 0.15) is 11.0 Å². The van der Waals surface area contributed by atoms with Gasteiger partial charge in [0.25, 0.3) is 11.8 Å². The number of aromatic nitrogens is 2. The quantitative estimate of drug-likeness (QED) is 0.0284. The molecule has 12 heteroatoms. The van der Waals surface area contributed by atoms with Gasteiger partial charge in [-0.25, -0.2) is 9.98 Å². The molecule has 0 bridgehead atoms. The van der Waals surface area contributed by atoms with E-state index >= 15 is 0 Å². The molecule has 0 radical (unpaired) electrons. The molecule has 7 aromatic carbocycles. The van der Waals surface area contributed by atoms with Crippen molar-refractivity contribution in [2.45, 2.75) is 85.1 Å². The van der Waals surface area contributed by atoms with Gasteiger partial charge in [-0.15, -0.1) is 4.57 Å². The number of allylic oxidation sites excluding steroid dienone is 1. The molecule has 2 aliphatic rings. The summed E-state index contributed by atoms with van der Waals surface area (Å²) < 4.78 is 2.33. The number of rotatable bonds is 23. The number of anilines is 5. The number of nitrogens with zero attached hydrogens (tertiary/aromatic N) is 6. The maximum absolute atomic E-state index is 13.1. The molecule has 82 heavy (non-hydrogen) atoms. The van der Waals surface area contributed by atoms with E-state index < -0.39 is 0 Å². The van der Waals surface area contributed by atoms with Crippen molar-refractivity contribution in [3.8, 4) is 16.8 Å². The third-order valence-electron chi connectivity index (χ3n) is 15.9. The molecule has 4 N–H and O–H groups in total. The normalized spacial score (nSPS) is 13.6. The first kappa shape index (κ1) is 56.5. The first-order valence-corrected chi connectivity index (χ1v) is 29.2. The van der Waals surface area contributed by atoms with Gasteiger partial charge in [-0.2, -0.15) is 0 Å². The van der Waals surface area contributed by atoms with Crippen LogP contribution in [0.3, 0.4) is 0 Å². The van der Waals surface area contributed by atoms with Crippen molar-refractivity contribution >= 4 is 73.7 Å². The monoisotopic (exact) mass is 1090 g/mol. The third kappa shape index (κ3) is 12.9. The highest BCUT2D eigenvalue weighted by Gasteiger charge is 2.33. The number of carbonyl (C=O) groups is 2. The maximum Gasteiger partial charge on any atom is 0.251 e. The fraction of sp³-hybridized carbons (Fsp3) is 0.300. The Hall–Kier alpha value is -8.77. The Morgan fingerprint density at radius 1 is 0.549 bits per heavy atom. The van der Waals surface area contributed by atoms with E-state index in [1.165, 1.54) is 33.6 Å². The second-order valence-electron chi connectivity index (χ2n) is 22.4. The van der Waals surface area contributed by atoms with Crippen molar-refractivity contribution in [1.29, 1.82) is 0 Å². The molecule has 1 aliphatic heterocycles. The maximum atomic E-state index is 13.1. The lowest BCUT2D eigenvalue weighted by molar-refractivity contribution is -0.538. The van der Waals surface area contributed by atoms with Crippen LogP contribution in [-0.2, 0) is 0 Å². The standard InChI is InChI=1S/C70H78N10O2/c1-47-39-59-65(79(55-23-15-13-16-24-55)67-45-63(77(5)6)49(3)41-61(67)75-59)43-57(47)71-35-19-9-11-21-37-73-69(81)53-31-27-51(28-32-53)52-29-33-54(34-30-52)70(82)74-38-22-12-10-20-36-72-58-44-66-60(40-48(58)2)76-62-42-50(4)64(78(7)8)46-68(62)80(66)56-25-17-14-18-26-56/h13-18,23-34,39-46,65,71H,9-12,19-22,35-38H2,1-8H3,(H2,73,74,81,82)/p+1. The summed E-state index contributed by atoms with van der Waals surface area (Å²) in [6.45, 7) is 11.6. The van der Waals surface area contributed by atoms with E-state index in [0.717, 1.165) is 137 Å². The van der Waals surface area contributed by atoms with Crippen LogP contribution in [0, 0.1) is 20.8 Å². The summed E-state index contributed by atoms with van der Waals surface area (Å²) in [6.07, 6.45) is 12.7. The van der Waals surface area contributed by atoms with Crippen LogP contribution in [0.25, 0.3) is 38.9 Å². The van der Waals surface area contributed by atoms with E-state index in [2.05, 4.69) is 206 Å². The minimum atomic E-state index is -0.0678. The Labute approximate surface area is 484 Å². The average molecular weight is 1090 g/mol. The zero-order valence-electron chi connectivity index (χ0n) is 49.1. The van der Waals surface area contributed by atoms with Crippen LogP contribution in [0.2, 0.25) is 0 Å². The lowest BCUT2D eigenvalue weighted by Crippen LogP contribution is -2.41. The summed E-state index contributed by atoms with van der Waals surface area (Å²) in [4.78, 5) is 43.2. The minimum Gasteiger partial charge on any atom is -0.385 e. The van der Waals surface area contributed by atoms with Gasteiger partial charge < -0.3 is 36.0 Å². The SMILES string of the molecule is CC1=CC2=Nc3cc(C)c(N(C)C)cc3N(c3ccccc3)C2C=C1NCCCCCCNC(=O)c1ccc(-c2ccc(C(=O)NCCCCCCNc3cc4c(cc3C)nc3cc(C)c(N(C)C)cc3[n+]4-c3ccccc3)cc2)cc1. The summed E-state index contributed by atoms with van der Waals surface area (Å²) in [5, 5.41) is 13.7. The Bertz CT molecular complexity index is 3680. The first-order valence-electron chi connectivity index (χ1n) is 29.2. The lowest BCUT2D eigenvalue weighted by Gasteiger charge is -2.39. The van der Waals surface area contributed by atoms with Crippen molar-refractivity contribution in [3.63, 3.8) is 0 Å². The number of aliphatic imine (C=N–C) groups is 1. The summed E-state index contributed by atoms with van der Waals surface area (Å²) in [5.74, 6) is -0.134. The van der Waals surface area contributed by atoms with Crippen LogP contribution in [-0.4, -0.2) is 82.9 Å². The molecule has 0 spiro atoms. The summed E-state index contributed by atoms with van der Waals surface area (Å²) in [5.41, 5.74) is 22.1. The average Bonchev–Trinajstić information content (AvgIpc) is 3.65. The predicted molar refractivity (Wildman–Crippen MR) is 341 cm³/mol. The molecule has 2 amide bonds.